The van der Waals surface area contributed by atoms with Crippen molar-refractivity contribution in [2.24, 2.45) is 0 Å². The van der Waals surface area contributed by atoms with Crippen molar-refractivity contribution in [2.45, 2.75) is 19.0 Å². The van der Waals surface area contributed by atoms with Crippen LogP contribution in [-0.4, -0.2) is 23.4 Å². The average Bonchev–Trinajstić information content (AvgIpc) is 2.80. The number of rotatable bonds is 7. The smallest absolute Gasteiger partial charge is 0.276 e. The lowest BCUT2D eigenvalue weighted by atomic mass is 10.0. The lowest BCUT2D eigenvalue weighted by Crippen LogP contribution is -2.52. The molecule has 0 aromatic heterocycles. The van der Waals surface area contributed by atoms with Gasteiger partial charge in [-0.2, -0.15) is 0 Å². The molecule has 0 bridgehead atoms. The molecule has 2 amide bonds. The molecular formula is C24H20Cl3N3O3. The highest BCUT2D eigenvalue weighted by Gasteiger charge is 2.34. The second kappa shape index (κ2) is 10.3. The standard InChI is InChI=1S/C24H20Cl3N3O3/c25-16-8-10-20-18(13-16)24(32)30(23(28-20)15-5-2-1-3-6-15)29-22(31)7-4-12-33-21-11-9-17(26)14-19(21)27/h1-3,5-6,8-11,13-14,23,28H,4,7,12H2,(H,29,31). The Hall–Kier alpha value is -2.93. The molecule has 33 heavy (non-hydrogen) atoms. The Bertz CT molecular complexity index is 1170. The lowest BCUT2D eigenvalue weighted by molar-refractivity contribution is -0.126. The molecule has 0 fully saturated rings. The molecule has 1 aliphatic rings. The highest BCUT2D eigenvalue weighted by atomic mass is 35.5. The first-order valence-electron chi connectivity index (χ1n) is 10.2. The molecule has 3 aromatic rings. The SMILES string of the molecule is O=C(CCCOc1ccc(Cl)cc1Cl)NN1C(=O)c2cc(Cl)ccc2NC1c1ccccc1. The van der Waals surface area contributed by atoms with Gasteiger partial charge in [-0.1, -0.05) is 65.1 Å². The first-order chi connectivity index (χ1) is 15.9. The number of ether oxygens (including phenoxy) is 1. The Morgan fingerprint density at radius 3 is 2.48 bits per heavy atom. The van der Waals surface area contributed by atoms with E-state index in [9.17, 15) is 9.59 Å². The van der Waals surface area contributed by atoms with Crippen LogP contribution in [0.5, 0.6) is 5.75 Å². The van der Waals surface area contributed by atoms with E-state index in [0.717, 1.165) is 5.56 Å². The first kappa shape index (κ1) is 23.2. The Balaban J connectivity index is 1.42. The van der Waals surface area contributed by atoms with E-state index in [1.54, 1.807) is 36.4 Å². The Morgan fingerprint density at radius 2 is 1.73 bits per heavy atom. The van der Waals surface area contributed by atoms with Gasteiger partial charge in [-0.15, -0.1) is 0 Å². The van der Waals surface area contributed by atoms with Gasteiger partial charge in [0.05, 0.1) is 17.2 Å². The van der Waals surface area contributed by atoms with E-state index in [1.165, 1.54) is 5.01 Å². The number of hydrazine groups is 1. The molecule has 9 heteroatoms. The van der Waals surface area contributed by atoms with E-state index in [-0.39, 0.29) is 24.8 Å². The highest BCUT2D eigenvalue weighted by Crippen LogP contribution is 2.33. The summed E-state index contributed by atoms with van der Waals surface area (Å²) >= 11 is 18.1. The Labute approximate surface area is 206 Å². The van der Waals surface area contributed by atoms with Crippen LogP contribution in [-0.2, 0) is 4.79 Å². The third-order valence-electron chi connectivity index (χ3n) is 5.04. The zero-order valence-corrected chi connectivity index (χ0v) is 19.6. The molecule has 2 N–H and O–H groups in total. The predicted molar refractivity (Wildman–Crippen MR) is 130 cm³/mol. The molecule has 3 aromatic carbocycles. The third kappa shape index (κ3) is 5.53. The Morgan fingerprint density at radius 1 is 1.00 bits per heavy atom. The summed E-state index contributed by atoms with van der Waals surface area (Å²) in [5.41, 5.74) is 4.60. The highest BCUT2D eigenvalue weighted by molar-refractivity contribution is 6.35. The molecule has 1 unspecified atom stereocenters. The van der Waals surface area contributed by atoms with Crippen LogP contribution in [0.1, 0.15) is 34.9 Å². The summed E-state index contributed by atoms with van der Waals surface area (Å²) < 4.78 is 5.63. The molecule has 0 saturated heterocycles. The first-order valence-corrected chi connectivity index (χ1v) is 11.4. The number of nitrogens with one attached hydrogen (secondary N) is 2. The van der Waals surface area contributed by atoms with Gasteiger partial charge in [0.15, 0.2) is 0 Å². The van der Waals surface area contributed by atoms with Crippen LogP contribution < -0.4 is 15.5 Å². The maximum Gasteiger partial charge on any atom is 0.276 e. The maximum absolute atomic E-state index is 13.2. The molecule has 0 radical (unpaired) electrons. The largest absolute Gasteiger partial charge is 0.492 e. The van der Waals surface area contributed by atoms with Crippen molar-refractivity contribution in [1.82, 2.24) is 10.4 Å². The van der Waals surface area contributed by atoms with E-state index in [2.05, 4.69) is 10.7 Å². The minimum atomic E-state index is -0.569. The van der Waals surface area contributed by atoms with Gasteiger partial charge in [0.25, 0.3) is 5.91 Å². The summed E-state index contributed by atoms with van der Waals surface area (Å²) in [6.07, 6.45) is 0.0119. The van der Waals surface area contributed by atoms with Crippen molar-refractivity contribution in [1.29, 1.82) is 0 Å². The van der Waals surface area contributed by atoms with E-state index in [0.29, 0.717) is 38.5 Å². The van der Waals surface area contributed by atoms with Crippen molar-refractivity contribution >= 4 is 52.3 Å². The van der Waals surface area contributed by atoms with Crippen LogP contribution in [0.3, 0.4) is 0 Å². The molecule has 0 saturated carbocycles. The second-order valence-corrected chi connectivity index (χ2v) is 8.66. The van der Waals surface area contributed by atoms with Gasteiger partial charge in [-0.3, -0.25) is 15.0 Å². The number of amides is 2. The summed E-state index contributed by atoms with van der Waals surface area (Å²) in [6.45, 7) is 0.279. The number of carbonyl (C=O) groups excluding carboxylic acids is 2. The van der Waals surface area contributed by atoms with Crippen molar-refractivity contribution < 1.29 is 14.3 Å². The number of hydrogen-bond acceptors (Lipinski definition) is 4. The second-order valence-electron chi connectivity index (χ2n) is 7.38. The molecule has 4 rings (SSSR count). The number of carbonyl (C=O) groups is 2. The topological polar surface area (TPSA) is 70.7 Å². The Kier molecular flexibility index (Phi) is 7.28. The molecular weight excluding hydrogens is 485 g/mol. The van der Waals surface area contributed by atoms with Gasteiger partial charge < -0.3 is 10.1 Å². The molecule has 0 aliphatic carbocycles. The fourth-order valence-corrected chi connectivity index (χ4v) is 4.09. The zero-order chi connectivity index (χ0) is 23.4. The number of hydrogen-bond donors (Lipinski definition) is 2. The lowest BCUT2D eigenvalue weighted by Gasteiger charge is -2.37. The van der Waals surface area contributed by atoms with Crippen molar-refractivity contribution in [3.8, 4) is 5.75 Å². The van der Waals surface area contributed by atoms with Gasteiger partial charge in [-0.25, -0.2) is 5.01 Å². The minimum absolute atomic E-state index is 0.152. The van der Waals surface area contributed by atoms with Crippen LogP contribution >= 0.6 is 34.8 Å². The summed E-state index contributed by atoms with van der Waals surface area (Å²) in [6, 6.07) is 19.4. The van der Waals surface area contributed by atoms with E-state index >= 15 is 0 Å². The maximum atomic E-state index is 13.2. The van der Waals surface area contributed by atoms with E-state index in [4.69, 9.17) is 39.5 Å². The fourth-order valence-electron chi connectivity index (χ4n) is 3.46. The number of halogens is 3. The summed E-state index contributed by atoms with van der Waals surface area (Å²) in [5.74, 6) is -0.172. The van der Waals surface area contributed by atoms with E-state index in [1.807, 2.05) is 30.3 Å². The summed E-state index contributed by atoms with van der Waals surface area (Å²) in [4.78, 5) is 25.9. The van der Waals surface area contributed by atoms with Gasteiger partial charge in [0.2, 0.25) is 5.91 Å². The van der Waals surface area contributed by atoms with Crippen LogP contribution in [0.4, 0.5) is 5.69 Å². The molecule has 0 spiro atoms. The van der Waals surface area contributed by atoms with Crippen molar-refractivity contribution in [2.75, 3.05) is 11.9 Å². The quantitative estimate of drug-likeness (QED) is 0.381. The van der Waals surface area contributed by atoms with Crippen molar-refractivity contribution in [3.05, 3.63) is 92.9 Å². The fraction of sp³-hybridized carbons (Fsp3) is 0.167. The molecule has 170 valence electrons. The van der Waals surface area contributed by atoms with Crippen LogP contribution in [0.25, 0.3) is 0 Å². The molecule has 1 heterocycles. The average molecular weight is 505 g/mol. The number of nitrogens with zero attached hydrogens (tertiary/aromatic N) is 1. The van der Waals surface area contributed by atoms with E-state index < -0.39 is 6.17 Å². The summed E-state index contributed by atoms with van der Waals surface area (Å²) in [7, 11) is 0. The van der Waals surface area contributed by atoms with Gasteiger partial charge in [0.1, 0.15) is 11.9 Å². The monoisotopic (exact) mass is 503 g/mol. The predicted octanol–water partition coefficient (Wildman–Crippen LogP) is 6.10. The number of fused-ring (bicyclic) bond motifs is 1. The van der Waals surface area contributed by atoms with Gasteiger partial charge >= 0.3 is 0 Å². The number of anilines is 1. The molecule has 6 nitrogen and oxygen atoms in total. The zero-order valence-electron chi connectivity index (χ0n) is 17.4. The summed E-state index contributed by atoms with van der Waals surface area (Å²) in [5, 5.41) is 5.96. The van der Waals surface area contributed by atoms with Crippen LogP contribution in [0.2, 0.25) is 15.1 Å². The molecule has 1 atom stereocenters. The van der Waals surface area contributed by atoms with Crippen LogP contribution in [0, 0.1) is 0 Å². The van der Waals surface area contributed by atoms with Gasteiger partial charge in [-0.05, 0) is 48.4 Å². The van der Waals surface area contributed by atoms with Crippen molar-refractivity contribution in [3.63, 3.8) is 0 Å². The van der Waals surface area contributed by atoms with Gasteiger partial charge in [0, 0.05) is 22.2 Å². The molecule has 1 aliphatic heterocycles. The minimum Gasteiger partial charge on any atom is -0.492 e. The van der Waals surface area contributed by atoms with Crippen LogP contribution in [0.15, 0.2) is 66.7 Å². The third-order valence-corrected chi connectivity index (χ3v) is 5.81. The number of benzene rings is 3. The normalized spacial score (nSPS) is 14.9.